The smallest absolute Gasteiger partial charge is 0.325 e. The number of benzene rings is 1. The second kappa shape index (κ2) is 8.26. The number of carbonyl (C=O) groups excluding carboxylic acids is 1. The molecule has 1 amide bonds. The molecule has 1 aromatic carbocycles. The number of carboxylic acids is 1. The average Bonchev–Trinajstić information content (AvgIpc) is 2.40. The van der Waals surface area contributed by atoms with E-state index in [1.807, 2.05) is 13.0 Å². The van der Waals surface area contributed by atoms with Gasteiger partial charge in [0.2, 0.25) is 5.91 Å². The molecule has 0 saturated heterocycles. The number of nitrogens with one attached hydrogen (secondary N) is 2. The number of unbranched alkanes of at least 4 members (excludes halogenated alkanes) is 1. The predicted molar refractivity (Wildman–Crippen MR) is 72.7 cm³/mol. The van der Waals surface area contributed by atoms with E-state index in [4.69, 9.17) is 5.11 Å². The Morgan fingerprint density at radius 1 is 1.26 bits per heavy atom. The summed E-state index contributed by atoms with van der Waals surface area (Å²) in [6, 6.07) is 7.95. The minimum absolute atomic E-state index is 0.00439. The third-order valence-electron chi connectivity index (χ3n) is 2.70. The summed E-state index contributed by atoms with van der Waals surface area (Å²) < 4.78 is 0. The van der Waals surface area contributed by atoms with Crippen molar-refractivity contribution < 1.29 is 14.7 Å². The summed E-state index contributed by atoms with van der Waals surface area (Å²) in [6.07, 6.45) is 1.93. The van der Waals surface area contributed by atoms with Crippen molar-refractivity contribution in [3.05, 3.63) is 35.9 Å². The minimum atomic E-state index is -0.993. The molecular weight excluding hydrogens is 244 g/mol. The number of hydrogen-bond acceptors (Lipinski definition) is 3. The lowest BCUT2D eigenvalue weighted by Crippen LogP contribution is -2.38. The molecule has 0 aliphatic rings. The van der Waals surface area contributed by atoms with Gasteiger partial charge in [-0.3, -0.25) is 14.9 Å². The maximum atomic E-state index is 11.5. The van der Waals surface area contributed by atoms with Crippen molar-refractivity contribution in [3.63, 3.8) is 0 Å². The van der Waals surface area contributed by atoms with Crippen LogP contribution in [0.15, 0.2) is 30.3 Å². The minimum Gasteiger partial charge on any atom is -0.480 e. The number of carboxylic acid groups (broad SMARTS) is 1. The SMILES string of the molecule is CCCCNC(=O)CNC(C(=O)O)c1ccccc1. The van der Waals surface area contributed by atoms with Gasteiger partial charge in [0.15, 0.2) is 0 Å². The van der Waals surface area contributed by atoms with Crippen molar-refractivity contribution in [2.45, 2.75) is 25.8 Å². The van der Waals surface area contributed by atoms with Crippen molar-refractivity contribution in [2.75, 3.05) is 13.1 Å². The molecule has 0 fully saturated rings. The summed E-state index contributed by atoms with van der Waals surface area (Å²) in [5.41, 5.74) is 0.636. The van der Waals surface area contributed by atoms with Gasteiger partial charge in [-0.1, -0.05) is 43.7 Å². The van der Waals surface area contributed by atoms with E-state index in [1.165, 1.54) is 0 Å². The van der Waals surface area contributed by atoms with Gasteiger partial charge in [-0.2, -0.15) is 0 Å². The fourth-order valence-corrected chi connectivity index (χ4v) is 1.66. The molecule has 0 aromatic heterocycles. The first-order valence-electron chi connectivity index (χ1n) is 6.43. The summed E-state index contributed by atoms with van der Waals surface area (Å²) in [6.45, 7) is 2.66. The van der Waals surface area contributed by atoms with Crippen LogP contribution in [0.5, 0.6) is 0 Å². The van der Waals surface area contributed by atoms with Crippen LogP contribution in [0.1, 0.15) is 31.4 Å². The Labute approximate surface area is 113 Å². The maximum absolute atomic E-state index is 11.5. The van der Waals surface area contributed by atoms with Crippen molar-refractivity contribution in [1.82, 2.24) is 10.6 Å². The van der Waals surface area contributed by atoms with Gasteiger partial charge in [0.25, 0.3) is 0 Å². The molecule has 0 spiro atoms. The molecule has 0 aliphatic heterocycles. The highest BCUT2D eigenvalue weighted by atomic mass is 16.4. The topological polar surface area (TPSA) is 78.4 Å². The van der Waals surface area contributed by atoms with Gasteiger partial charge in [0.05, 0.1) is 6.54 Å². The fraction of sp³-hybridized carbons (Fsp3) is 0.429. The molecular formula is C14H20N2O3. The van der Waals surface area contributed by atoms with Gasteiger partial charge in [-0.05, 0) is 12.0 Å². The fourth-order valence-electron chi connectivity index (χ4n) is 1.66. The molecule has 0 saturated carbocycles. The van der Waals surface area contributed by atoms with Gasteiger partial charge >= 0.3 is 5.97 Å². The van der Waals surface area contributed by atoms with Crippen LogP contribution >= 0.6 is 0 Å². The van der Waals surface area contributed by atoms with E-state index < -0.39 is 12.0 Å². The van der Waals surface area contributed by atoms with E-state index in [9.17, 15) is 9.59 Å². The molecule has 3 N–H and O–H groups in total. The number of rotatable bonds is 8. The van der Waals surface area contributed by atoms with Crippen molar-refractivity contribution in [1.29, 1.82) is 0 Å². The van der Waals surface area contributed by atoms with Crippen molar-refractivity contribution in [2.24, 2.45) is 0 Å². The van der Waals surface area contributed by atoms with Crippen molar-refractivity contribution >= 4 is 11.9 Å². The van der Waals surface area contributed by atoms with E-state index >= 15 is 0 Å². The predicted octanol–water partition coefficient (Wildman–Crippen LogP) is 1.32. The molecule has 5 heteroatoms. The van der Waals surface area contributed by atoms with Gasteiger partial charge in [-0.25, -0.2) is 0 Å². The van der Waals surface area contributed by atoms with E-state index in [1.54, 1.807) is 24.3 Å². The van der Waals surface area contributed by atoms with Crippen LogP contribution in [-0.4, -0.2) is 30.1 Å². The van der Waals surface area contributed by atoms with Crippen molar-refractivity contribution in [3.8, 4) is 0 Å². The molecule has 19 heavy (non-hydrogen) atoms. The highest BCUT2D eigenvalue weighted by Gasteiger charge is 2.19. The van der Waals surface area contributed by atoms with Crippen LogP contribution in [0, 0.1) is 0 Å². The maximum Gasteiger partial charge on any atom is 0.325 e. The molecule has 0 heterocycles. The van der Waals surface area contributed by atoms with Gasteiger partial charge in [0.1, 0.15) is 6.04 Å². The molecule has 5 nitrogen and oxygen atoms in total. The monoisotopic (exact) mass is 264 g/mol. The Hall–Kier alpha value is -1.88. The Bertz CT molecular complexity index is 406. The zero-order valence-corrected chi connectivity index (χ0v) is 11.1. The summed E-state index contributed by atoms with van der Waals surface area (Å²) in [4.78, 5) is 22.7. The van der Waals surface area contributed by atoms with Crippen LogP contribution in [0.25, 0.3) is 0 Å². The molecule has 1 aromatic rings. The highest BCUT2D eigenvalue weighted by Crippen LogP contribution is 2.11. The number of aliphatic carboxylic acids is 1. The molecule has 104 valence electrons. The van der Waals surface area contributed by atoms with Crippen LogP contribution < -0.4 is 10.6 Å². The van der Waals surface area contributed by atoms with Gasteiger partial charge in [-0.15, -0.1) is 0 Å². The number of amides is 1. The molecule has 0 aliphatic carbocycles. The lowest BCUT2D eigenvalue weighted by Gasteiger charge is -2.14. The Kier molecular flexibility index (Phi) is 6.60. The zero-order valence-electron chi connectivity index (χ0n) is 11.1. The average molecular weight is 264 g/mol. The molecule has 0 bridgehead atoms. The Balaban J connectivity index is 2.47. The molecule has 0 radical (unpaired) electrons. The first kappa shape index (κ1) is 15.2. The third-order valence-corrected chi connectivity index (χ3v) is 2.70. The first-order valence-corrected chi connectivity index (χ1v) is 6.43. The lowest BCUT2D eigenvalue weighted by atomic mass is 10.1. The standard InChI is InChI=1S/C14H20N2O3/c1-2-3-9-15-12(17)10-16-13(14(18)19)11-7-5-4-6-8-11/h4-8,13,16H,2-3,9-10H2,1H3,(H,15,17)(H,18,19). The third kappa shape index (κ3) is 5.52. The quantitative estimate of drug-likeness (QED) is 0.619. The number of hydrogen-bond donors (Lipinski definition) is 3. The summed E-state index contributed by atoms with van der Waals surface area (Å²) in [7, 11) is 0. The summed E-state index contributed by atoms with van der Waals surface area (Å²) in [5.74, 6) is -1.18. The van der Waals surface area contributed by atoms with E-state index in [0.29, 0.717) is 12.1 Å². The molecule has 1 rings (SSSR count). The van der Waals surface area contributed by atoms with Crippen LogP contribution in [0.3, 0.4) is 0 Å². The highest BCUT2D eigenvalue weighted by molar-refractivity contribution is 5.80. The largest absolute Gasteiger partial charge is 0.480 e. The second-order valence-corrected chi connectivity index (χ2v) is 4.27. The zero-order chi connectivity index (χ0) is 14.1. The van der Waals surface area contributed by atoms with E-state index in [2.05, 4.69) is 10.6 Å². The molecule has 1 atom stereocenters. The lowest BCUT2D eigenvalue weighted by molar-refractivity contribution is -0.139. The summed E-state index contributed by atoms with van der Waals surface area (Å²) >= 11 is 0. The van der Waals surface area contributed by atoms with Gasteiger partial charge in [0, 0.05) is 6.54 Å². The van der Waals surface area contributed by atoms with E-state index in [-0.39, 0.29) is 12.5 Å². The van der Waals surface area contributed by atoms with E-state index in [0.717, 1.165) is 12.8 Å². The first-order chi connectivity index (χ1) is 9.15. The second-order valence-electron chi connectivity index (χ2n) is 4.27. The van der Waals surface area contributed by atoms with Gasteiger partial charge < -0.3 is 10.4 Å². The number of carbonyl (C=O) groups is 2. The Morgan fingerprint density at radius 3 is 2.53 bits per heavy atom. The van der Waals surface area contributed by atoms with Crippen LogP contribution in [0.2, 0.25) is 0 Å². The molecule has 1 unspecified atom stereocenters. The summed E-state index contributed by atoms with van der Waals surface area (Å²) in [5, 5.41) is 14.6. The Morgan fingerprint density at radius 2 is 1.95 bits per heavy atom. The van der Waals surface area contributed by atoms with Crippen LogP contribution in [-0.2, 0) is 9.59 Å². The van der Waals surface area contributed by atoms with Crippen LogP contribution in [0.4, 0.5) is 0 Å². The normalized spacial score (nSPS) is 11.8.